The van der Waals surface area contributed by atoms with Crippen molar-refractivity contribution in [1.29, 1.82) is 0 Å². The Balaban J connectivity index is 2.53. The quantitative estimate of drug-likeness (QED) is 0.820. The van der Waals surface area contributed by atoms with E-state index in [2.05, 4.69) is 0 Å². The highest BCUT2D eigenvalue weighted by molar-refractivity contribution is 8.04. The molecule has 2 aromatic rings. The molecule has 0 fully saturated rings. The first-order valence-corrected chi connectivity index (χ1v) is 9.36. The lowest BCUT2D eigenvalue weighted by atomic mass is 10.4. The second-order valence-corrected chi connectivity index (χ2v) is 8.46. The fourth-order valence-corrected chi connectivity index (χ4v) is 5.58. The van der Waals surface area contributed by atoms with Crippen molar-refractivity contribution in [3.8, 4) is 0 Å². The van der Waals surface area contributed by atoms with Crippen molar-refractivity contribution in [3.05, 3.63) is 60.2 Å². The molecule has 2 aromatic carbocycles. The van der Waals surface area contributed by atoms with Crippen molar-refractivity contribution in [2.75, 3.05) is 6.54 Å². The highest BCUT2D eigenvalue weighted by atomic mass is 32.3. The van der Waals surface area contributed by atoms with E-state index in [1.54, 1.807) is 0 Å². The highest BCUT2D eigenvalue weighted by Crippen LogP contribution is 2.24. The molecule has 0 aromatic heterocycles. The Bertz CT molecular complexity index is 817. The van der Waals surface area contributed by atoms with E-state index >= 15 is 0 Å². The summed E-state index contributed by atoms with van der Waals surface area (Å²) < 4.78 is 76.2. The summed E-state index contributed by atoms with van der Waals surface area (Å²) in [5.41, 5.74) is 0. The van der Waals surface area contributed by atoms with Crippen molar-refractivity contribution in [1.82, 2.24) is 3.71 Å². The molecule has 0 aliphatic rings. The second kappa shape index (κ2) is 6.34. The third-order valence-electron chi connectivity index (χ3n) is 3.02. The molecule has 0 spiro atoms. The molecule has 2 rings (SSSR count). The van der Waals surface area contributed by atoms with Gasteiger partial charge in [0, 0.05) is 6.54 Å². The summed E-state index contributed by atoms with van der Waals surface area (Å²) in [6.07, 6.45) is 0. The smallest absolute Gasteiger partial charge is 0.207 e. The Hall–Kier alpha value is -1.84. The van der Waals surface area contributed by atoms with Crippen LogP contribution in [-0.2, 0) is 20.0 Å². The van der Waals surface area contributed by atoms with Crippen LogP contribution in [0.5, 0.6) is 0 Å². The predicted molar refractivity (Wildman–Crippen MR) is 79.6 cm³/mol. The van der Waals surface area contributed by atoms with Gasteiger partial charge in [-0.05, 0) is 48.5 Å². The summed E-state index contributed by atoms with van der Waals surface area (Å²) >= 11 is 0. The van der Waals surface area contributed by atoms with E-state index in [0.29, 0.717) is 3.71 Å². The molecule has 0 aliphatic carbocycles. The number of benzene rings is 2. The van der Waals surface area contributed by atoms with E-state index in [0.717, 1.165) is 48.5 Å². The van der Waals surface area contributed by atoms with E-state index < -0.39 is 31.7 Å². The lowest BCUT2D eigenvalue weighted by Crippen LogP contribution is -2.36. The molecule has 0 heterocycles. The first-order chi connectivity index (χ1) is 10.7. The van der Waals surface area contributed by atoms with Gasteiger partial charge < -0.3 is 0 Å². The molecule has 0 bridgehead atoms. The van der Waals surface area contributed by atoms with E-state index in [9.17, 15) is 25.6 Å². The summed E-state index contributed by atoms with van der Waals surface area (Å²) in [7, 11) is -8.80. The van der Waals surface area contributed by atoms with Gasteiger partial charge in [-0.2, -0.15) is 0 Å². The van der Waals surface area contributed by atoms with Crippen LogP contribution >= 0.6 is 0 Å². The van der Waals surface area contributed by atoms with Crippen LogP contribution in [0.1, 0.15) is 6.92 Å². The van der Waals surface area contributed by atoms with Crippen molar-refractivity contribution < 1.29 is 25.6 Å². The van der Waals surface area contributed by atoms with Crippen LogP contribution in [0.4, 0.5) is 8.78 Å². The van der Waals surface area contributed by atoms with Crippen LogP contribution in [0.2, 0.25) is 0 Å². The third-order valence-corrected chi connectivity index (χ3v) is 7.52. The topological polar surface area (TPSA) is 71.5 Å². The number of hydrogen-bond donors (Lipinski definition) is 0. The molecule has 9 heteroatoms. The molecule has 0 unspecified atom stereocenters. The fourth-order valence-electron chi connectivity index (χ4n) is 1.92. The minimum atomic E-state index is -4.40. The maximum absolute atomic E-state index is 12.9. The highest BCUT2D eigenvalue weighted by Gasteiger charge is 2.35. The number of rotatable bonds is 5. The SMILES string of the molecule is CCN(S(=O)(=O)c1ccc(F)cc1)S(=O)(=O)c1ccc(F)cc1. The minimum Gasteiger partial charge on any atom is -0.207 e. The van der Waals surface area contributed by atoms with Gasteiger partial charge in [0.15, 0.2) is 0 Å². The van der Waals surface area contributed by atoms with Crippen LogP contribution in [0.15, 0.2) is 58.3 Å². The van der Waals surface area contributed by atoms with Gasteiger partial charge in [0.1, 0.15) is 11.6 Å². The fraction of sp³-hybridized carbons (Fsp3) is 0.143. The zero-order valence-electron chi connectivity index (χ0n) is 12.0. The maximum Gasteiger partial charge on any atom is 0.256 e. The molecule has 0 N–H and O–H groups in total. The van der Waals surface area contributed by atoms with E-state index in [1.165, 1.54) is 6.92 Å². The van der Waals surface area contributed by atoms with Crippen LogP contribution < -0.4 is 0 Å². The normalized spacial score (nSPS) is 12.5. The van der Waals surface area contributed by atoms with E-state index in [4.69, 9.17) is 0 Å². The molecular weight excluding hydrogens is 348 g/mol. The molecule has 0 aliphatic heterocycles. The Kier molecular flexibility index (Phi) is 4.83. The average molecular weight is 361 g/mol. The van der Waals surface area contributed by atoms with Gasteiger partial charge in [-0.1, -0.05) is 10.6 Å². The van der Waals surface area contributed by atoms with Crippen LogP contribution in [0.3, 0.4) is 0 Å². The first-order valence-electron chi connectivity index (χ1n) is 6.48. The summed E-state index contributed by atoms with van der Waals surface area (Å²) in [6, 6.07) is 7.61. The first kappa shape index (κ1) is 17.5. The van der Waals surface area contributed by atoms with Gasteiger partial charge in [-0.3, -0.25) is 0 Å². The largest absolute Gasteiger partial charge is 0.256 e. The van der Waals surface area contributed by atoms with E-state index in [1.807, 2.05) is 0 Å². The van der Waals surface area contributed by atoms with Crippen molar-refractivity contribution >= 4 is 20.0 Å². The molecular formula is C14H13F2NO4S2. The van der Waals surface area contributed by atoms with Crippen molar-refractivity contribution in [2.45, 2.75) is 16.7 Å². The number of nitrogens with zero attached hydrogens (tertiary/aromatic N) is 1. The lowest BCUT2D eigenvalue weighted by molar-refractivity contribution is 0.506. The van der Waals surface area contributed by atoms with Crippen molar-refractivity contribution in [2.24, 2.45) is 0 Å². The lowest BCUT2D eigenvalue weighted by Gasteiger charge is -2.20. The molecule has 0 saturated carbocycles. The van der Waals surface area contributed by atoms with Crippen molar-refractivity contribution in [3.63, 3.8) is 0 Å². The molecule has 124 valence electrons. The second-order valence-electron chi connectivity index (χ2n) is 4.51. The predicted octanol–water partition coefficient (Wildman–Crippen LogP) is 2.36. The number of hydrogen-bond acceptors (Lipinski definition) is 4. The summed E-state index contributed by atoms with van der Waals surface area (Å²) in [5.74, 6) is -1.29. The Morgan fingerprint density at radius 3 is 1.30 bits per heavy atom. The molecule has 0 atom stereocenters. The molecule has 5 nitrogen and oxygen atoms in total. The zero-order valence-corrected chi connectivity index (χ0v) is 13.6. The summed E-state index contributed by atoms with van der Waals surface area (Å²) in [5, 5.41) is 0. The average Bonchev–Trinajstić information content (AvgIpc) is 2.48. The Morgan fingerprint density at radius 2 is 1.04 bits per heavy atom. The monoisotopic (exact) mass is 361 g/mol. The van der Waals surface area contributed by atoms with Gasteiger partial charge in [-0.15, -0.1) is 0 Å². The standard InChI is InChI=1S/C14H13F2NO4S2/c1-2-17(22(18,19)13-7-3-11(15)4-8-13)23(20,21)14-9-5-12(16)6-10-14/h3-10H,2H2,1H3. The van der Waals surface area contributed by atoms with Crippen LogP contribution in [0, 0.1) is 11.6 Å². The summed E-state index contributed by atoms with van der Waals surface area (Å²) in [6.45, 7) is 0.988. The van der Waals surface area contributed by atoms with Gasteiger partial charge in [0.05, 0.1) is 9.79 Å². The van der Waals surface area contributed by atoms with Gasteiger partial charge in [-0.25, -0.2) is 25.6 Å². The summed E-state index contributed by atoms with van der Waals surface area (Å²) in [4.78, 5) is -0.710. The molecule has 0 saturated heterocycles. The zero-order chi connectivity index (χ0) is 17.3. The van der Waals surface area contributed by atoms with Crippen LogP contribution in [0.25, 0.3) is 0 Å². The molecule has 0 amide bonds. The van der Waals surface area contributed by atoms with Crippen LogP contribution in [-0.4, -0.2) is 27.1 Å². The van der Waals surface area contributed by atoms with Gasteiger partial charge in [0.25, 0.3) is 20.0 Å². The maximum atomic E-state index is 12.9. The molecule has 0 radical (unpaired) electrons. The Labute approximate surface area is 133 Å². The minimum absolute atomic E-state index is 0.292. The third kappa shape index (κ3) is 3.41. The number of sulfonamides is 2. The molecule has 23 heavy (non-hydrogen) atoms. The van der Waals surface area contributed by atoms with E-state index in [-0.39, 0.29) is 16.3 Å². The Morgan fingerprint density at radius 1 is 0.739 bits per heavy atom. The van der Waals surface area contributed by atoms with Gasteiger partial charge in [0.2, 0.25) is 0 Å². The number of halogens is 2. The van der Waals surface area contributed by atoms with Gasteiger partial charge >= 0.3 is 0 Å².